The third-order valence-corrected chi connectivity index (χ3v) is 3.15. The predicted octanol–water partition coefficient (Wildman–Crippen LogP) is -0.760. The van der Waals surface area contributed by atoms with Crippen molar-refractivity contribution in [2.75, 3.05) is 6.61 Å². The Balaban J connectivity index is 2.19. The normalized spacial score (nSPS) is 49.0. The van der Waals surface area contributed by atoms with Crippen molar-refractivity contribution < 1.29 is 24.8 Å². The summed E-state index contributed by atoms with van der Waals surface area (Å²) in [4.78, 5) is 0. The van der Waals surface area contributed by atoms with Gasteiger partial charge in [0.05, 0.1) is 24.9 Å². The Morgan fingerprint density at radius 1 is 1.13 bits per heavy atom. The Bertz CT molecular complexity index is 242. The summed E-state index contributed by atoms with van der Waals surface area (Å²) in [5.74, 6) is -1.13. The molecule has 3 N–H and O–H groups in total. The Morgan fingerprint density at radius 2 is 1.73 bits per heavy atom. The molecule has 1 saturated heterocycles. The minimum absolute atomic E-state index is 0.158. The van der Waals surface area contributed by atoms with Gasteiger partial charge in [-0.05, 0) is 13.8 Å². The van der Waals surface area contributed by atoms with Gasteiger partial charge in [0, 0.05) is 12.3 Å². The molecule has 5 heteroatoms. The fourth-order valence-corrected chi connectivity index (χ4v) is 2.45. The van der Waals surface area contributed by atoms with Crippen LogP contribution in [0.3, 0.4) is 0 Å². The highest BCUT2D eigenvalue weighted by Crippen LogP contribution is 2.39. The molecule has 15 heavy (non-hydrogen) atoms. The topological polar surface area (TPSA) is 79.2 Å². The van der Waals surface area contributed by atoms with Crippen molar-refractivity contribution in [1.29, 1.82) is 0 Å². The summed E-state index contributed by atoms with van der Waals surface area (Å²) in [6.45, 7) is 3.37. The molecule has 0 bridgehead atoms. The van der Waals surface area contributed by atoms with Crippen LogP contribution in [-0.2, 0) is 9.47 Å². The van der Waals surface area contributed by atoms with Crippen LogP contribution in [-0.4, -0.2) is 52.1 Å². The first-order valence-electron chi connectivity index (χ1n) is 5.27. The van der Waals surface area contributed by atoms with Crippen molar-refractivity contribution in [2.45, 2.75) is 50.5 Å². The van der Waals surface area contributed by atoms with Gasteiger partial charge in [0.2, 0.25) is 0 Å². The number of hydrogen-bond acceptors (Lipinski definition) is 5. The van der Waals surface area contributed by atoms with Crippen LogP contribution in [0.4, 0.5) is 0 Å². The zero-order valence-corrected chi connectivity index (χ0v) is 8.96. The van der Waals surface area contributed by atoms with Crippen molar-refractivity contribution in [3.05, 3.63) is 0 Å². The minimum atomic E-state index is -0.756. The second-order valence-corrected chi connectivity index (χ2v) is 4.78. The minimum Gasteiger partial charge on any atom is -0.396 e. The molecule has 0 aromatic carbocycles. The van der Waals surface area contributed by atoms with Gasteiger partial charge in [0.15, 0.2) is 5.79 Å². The lowest BCUT2D eigenvalue weighted by Crippen LogP contribution is -2.52. The summed E-state index contributed by atoms with van der Waals surface area (Å²) in [7, 11) is 0. The van der Waals surface area contributed by atoms with Crippen LogP contribution in [0.2, 0.25) is 0 Å². The molecule has 0 spiro atoms. The Kier molecular flexibility index (Phi) is 2.77. The number of rotatable bonds is 1. The molecule has 5 nitrogen and oxygen atoms in total. The van der Waals surface area contributed by atoms with E-state index in [-0.39, 0.29) is 18.9 Å². The van der Waals surface area contributed by atoms with Gasteiger partial charge in [-0.15, -0.1) is 0 Å². The summed E-state index contributed by atoms with van der Waals surface area (Å²) in [6, 6.07) is 0. The number of ether oxygens (including phenoxy) is 2. The third-order valence-electron chi connectivity index (χ3n) is 3.15. The molecule has 2 aliphatic rings. The highest BCUT2D eigenvalue weighted by Gasteiger charge is 2.53. The Hall–Kier alpha value is -0.200. The molecule has 5 atom stereocenters. The predicted molar refractivity (Wildman–Crippen MR) is 51.0 cm³/mol. The lowest BCUT2D eigenvalue weighted by Gasteiger charge is -2.37. The van der Waals surface area contributed by atoms with E-state index in [0.29, 0.717) is 0 Å². The Labute approximate surface area is 88.6 Å². The lowest BCUT2D eigenvalue weighted by molar-refractivity contribution is -0.155. The van der Waals surface area contributed by atoms with E-state index in [0.717, 1.165) is 0 Å². The summed E-state index contributed by atoms with van der Waals surface area (Å²) in [6.07, 6.45) is -2.10. The van der Waals surface area contributed by atoms with E-state index in [1.54, 1.807) is 13.8 Å². The fraction of sp³-hybridized carbons (Fsp3) is 1.00. The average Bonchev–Trinajstić information content (AvgIpc) is 2.42. The van der Waals surface area contributed by atoms with E-state index < -0.39 is 30.2 Å². The van der Waals surface area contributed by atoms with E-state index in [1.165, 1.54) is 0 Å². The smallest absolute Gasteiger partial charge is 0.163 e. The maximum Gasteiger partial charge on any atom is 0.163 e. The second-order valence-electron chi connectivity index (χ2n) is 4.78. The average molecular weight is 218 g/mol. The van der Waals surface area contributed by atoms with E-state index in [9.17, 15) is 15.3 Å². The quantitative estimate of drug-likeness (QED) is 0.539. The number of hydrogen-bond donors (Lipinski definition) is 3. The van der Waals surface area contributed by atoms with Crippen LogP contribution in [0.1, 0.15) is 20.3 Å². The molecular formula is C10H18O5. The second kappa shape index (κ2) is 3.68. The maximum absolute atomic E-state index is 9.75. The van der Waals surface area contributed by atoms with Gasteiger partial charge in [-0.1, -0.05) is 0 Å². The molecule has 88 valence electrons. The maximum atomic E-state index is 9.75. The molecule has 1 heterocycles. The molecule has 0 unspecified atom stereocenters. The van der Waals surface area contributed by atoms with Crippen LogP contribution in [0.25, 0.3) is 0 Å². The standard InChI is InChI=1S/C10H18O5/c1-10(2)14-8-5(4-11)6(12)3-7(13)9(8)15-10/h5-9,11-13H,3-4H2,1-2H3/t5-,6+,7+,8-,9+/m1/s1. The van der Waals surface area contributed by atoms with Gasteiger partial charge >= 0.3 is 0 Å². The van der Waals surface area contributed by atoms with Gasteiger partial charge in [-0.3, -0.25) is 0 Å². The number of fused-ring (bicyclic) bond motifs is 1. The highest BCUT2D eigenvalue weighted by atomic mass is 16.8. The molecule has 1 aliphatic carbocycles. The summed E-state index contributed by atoms with van der Waals surface area (Å²) < 4.78 is 11.1. The van der Waals surface area contributed by atoms with E-state index in [2.05, 4.69) is 0 Å². The summed E-state index contributed by atoms with van der Waals surface area (Å²) in [5, 5.41) is 28.6. The van der Waals surface area contributed by atoms with Crippen molar-refractivity contribution in [1.82, 2.24) is 0 Å². The monoisotopic (exact) mass is 218 g/mol. The van der Waals surface area contributed by atoms with Crippen molar-refractivity contribution in [3.63, 3.8) is 0 Å². The molecule has 0 aromatic heterocycles. The van der Waals surface area contributed by atoms with Crippen molar-refractivity contribution in [2.24, 2.45) is 5.92 Å². The molecule has 0 radical (unpaired) electrons. The zero-order valence-electron chi connectivity index (χ0n) is 8.96. The van der Waals surface area contributed by atoms with Crippen LogP contribution >= 0.6 is 0 Å². The van der Waals surface area contributed by atoms with Gasteiger partial charge < -0.3 is 24.8 Å². The SMILES string of the molecule is CC1(C)O[C@@H]2[C@H](CO)[C@@H](O)C[C@H](O)[C@@H]2O1. The van der Waals surface area contributed by atoms with Gasteiger partial charge in [-0.25, -0.2) is 0 Å². The first-order chi connectivity index (χ1) is 6.94. The molecule has 2 rings (SSSR count). The van der Waals surface area contributed by atoms with Crippen LogP contribution in [0.15, 0.2) is 0 Å². The molecule has 1 aliphatic heterocycles. The molecular weight excluding hydrogens is 200 g/mol. The first kappa shape index (κ1) is 11.3. The van der Waals surface area contributed by atoms with Gasteiger partial charge in [0.25, 0.3) is 0 Å². The highest BCUT2D eigenvalue weighted by molar-refractivity contribution is 4.98. The van der Waals surface area contributed by atoms with Crippen molar-refractivity contribution in [3.8, 4) is 0 Å². The third kappa shape index (κ3) is 1.90. The first-order valence-corrected chi connectivity index (χ1v) is 5.27. The summed E-state index contributed by atoms with van der Waals surface area (Å²) in [5.41, 5.74) is 0. The summed E-state index contributed by atoms with van der Waals surface area (Å²) >= 11 is 0. The number of aliphatic hydroxyl groups is 3. The molecule has 0 aromatic rings. The largest absolute Gasteiger partial charge is 0.396 e. The van der Waals surface area contributed by atoms with Crippen LogP contribution in [0.5, 0.6) is 0 Å². The van der Waals surface area contributed by atoms with Crippen molar-refractivity contribution >= 4 is 0 Å². The van der Waals surface area contributed by atoms with E-state index >= 15 is 0 Å². The van der Waals surface area contributed by atoms with Gasteiger partial charge in [-0.2, -0.15) is 0 Å². The zero-order chi connectivity index (χ0) is 11.2. The van der Waals surface area contributed by atoms with Gasteiger partial charge in [0.1, 0.15) is 6.10 Å². The van der Waals surface area contributed by atoms with E-state index in [1.807, 2.05) is 0 Å². The number of aliphatic hydroxyl groups excluding tert-OH is 3. The van der Waals surface area contributed by atoms with E-state index in [4.69, 9.17) is 9.47 Å². The van der Waals surface area contributed by atoms with Crippen LogP contribution < -0.4 is 0 Å². The van der Waals surface area contributed by atoms with Crippen LogP contribution in [0, 0.1) is 5.92 Å². The fourth-order valence-electron chi connectivity index (χ4n) is 2.45. The molecule has 0 amide bonds. The lowest BCUT2D eigenvalue weighted by atomic mass is 9.81. The molecule has 1 saturated carbocycles. The molecule has 2 fully saturated rings. The Morgan fingerprint density at radius 3 is 2.33 bits per heavy atom.